The highest BCUT2D eigenvalue weighted by Gasteiger charge is 2.30. The molecule has 2 aromatic carbocycles. The van der Waals surface area contributed by atoms with Crippen molar-refractivity contribution < 1.29 is 9.53 Å². The Morgan fingerprint density at radius 2 is 1.92 bits per heavy atom. The summed E-state index contributed by atoms with van der Waals surface area (Å²) >= 11 is 0. The number of urea groups is 1. The Hall–Kier alpha value is -2.53. The van der Waals surface area contributed by atoms with Gasteiger partial charge in [0.15, 0.2) is 0 Å². The van der Waals surface area contributed by atoms with Gasteiger partial charge in [-0.15, -0.1) is 0 Å². The molecule has 1 heterocycles. The molecule has 2 amide bonds. The first kappa shape index (κ1) is 16.3. The van der Waals surface area contributed by atoms with Gasteiger partial charge in [0, 0.05) is 31.4 Å². The first-order valence-electron chi connectivity index (χ1n) is 8.12. The number of hydrogen-bond donors (Lipinski definition) is 1. The maximum atomic E-state index is 12.8. The van der Waals surface area contributed by atoms with Gasteiger partial charge in [-0.2, -0.15) is 0 Å². The first-order valence-corrected chi connectivity index (χ1v) is 8.12. The van der Waals surface area contributed by atoms with Gasteiger partial charge in [-0.25, -0.2) is 4.79 Å². The van der Waals surface area contributed by atoms with Crippen molar-refractivity contribution in [3.05, 3.63) is 60.2 Å². The van der Waals surface area contributed by atoms with Crippen molar-refractivity contribution >= 4 is 11.7 Å². The number of nitrogens with zero attached hydrogens (tertiary/aromatic N) is 2. The van der Waals surface area contributed by atoms with Gasteiger partial charge in [-0.05, 0) is 24.7 Å². The quantitative estimate of drug-likeness (QED) is 0.942. The Kier molecular flexibility index (Phi) is 5.01. The molecule has 1 N–H and O–H groups in total. The van der Waals surface area contributed by atoms with Crippen LogP contribution in [0.2, 0.25) is 0 Å². The number of rotatable bonds is 3. The normalized spacial score (nSPS) is 18.2. The molecule has 0 spiro atoms. The molecule has 0 bridgehead atoms. The Labute approximate surface area is 142 Å². The fraction of sp³-hybridized carbons (Fsp3) is 0.316. The maximum Gasteiger partial charge on any atom is 0.322 e. The van der Waals surface area contributed by atoms with E-state index in [9.17, 15) is 4.79 Å². The SMILES string of the molecule is COc1cccc(NC(=O)N2CCN(C)C[C@@H]2c2ccccc2)c1. The lowest BCUT2D eigenvalue weighted by molar-refractivity contribution is 0.117. The maximum absolute atomic E-state index is 12.8. The van der Waals surface area contributed by atoms with E-state index in [1.54, 1.807) is 7.11 Å². The van der Waals surface area contributed by atoms with Gasteiger partial charge in [-0.3, -0.25) is 0 Å². The van der Waals surface area contributed by atoms with Gasteiger partial charge in [-0.1, -0.05) is 36.4 Å². The van der Waals surface area contributed by atoms with Crippen LogP contribution in [0.5, 0.6) is 5.75 Å². The molecule has 5 heteroatoms. The number of anilines is 1. The topological polar surface area (TPSA) is 44.8 Å². The highest BCUT2D eigenvalue weighted by molar-refractivity contribution is 5.90. The Balaban J connectivity index is 1.78. The van der Waals surface area contributed by atoms with Gasteiger partial charge in [0.2, 0.25) is 0 Å². The largest absolute Gasteiger partial charge is 0.497 e. The molecule has 1 aliphatic heterocycles. The predicted molar refractivity (Wildman–Crippen MR) is 95.4 cm³/mol. The standard InChI is InChI=1S/C19H23N3O2/c1-21-11-12-22(18(14-21)15-7-4-3-5-8-15)19(23)20-16-9-6-10-17(13-16)24-2/h3-10,13,18H,11-12,14H2,1-2H3,(H,20,23)/t18-/m1/s1. The number of methoxy groups -OCH3 is 1. The third-order valence-electron chi connectivity index (χ3n) is 4.35. The number of carbonyl (C=O) groups excluding carboxylic acids is 1. The molecule has 0 radical (unpaired) electrons. The second-order valence-electron chi connectivity index (χ2n) is 6.04. The molecular formula is C19H23N3O2. The minimum atomic E-state index is -0.0785. The molecule has 3 rings (SSSR count). The van der Waals surface area contributed by atoms with E-state index in [2.05, 4.69) is 29.4 Å². The van der Waals surface area contributed by atoms with Crippen LogP contribution in [0, 0.1) is 0 Å². The van der Waals surface area contributed by atoms with Crippen LogP contribution < -0.4 is 10.1 Å². The van der Waals surface area contributed by atoms with Crippen LogP contribution in [0.1, 0.15) is 11.6 Å². The highest BCUT2D eigenvalue weighted by atomic mass is 16.5. The molecular weight excluding hydrogens is 302 g/mol. The molecule has 24 heavy (non-hydrogen) atoms. The van der Waals surface area contributed by atoms with Crippen LogP contribution in [0.3, 0.4) is 0 Å². The summed E-state index contributed by atoms with van der Waals surface area (Å²) in [5.41, 5.74) is 1.90. The average Bonchev–Trinajstić information content (AvgIpc) is 2.62. The number of hydrogen-bond acceptors (Lipinski definition) is 3. The lowest BCUT2D eigenvalue weighted by atomic mass is 10.0. The smallest absolute Gasteiger partial charge is 0.322 e. The van der Waals surface area contributed by atoms with Gasteiger partial charge in [0.25, 0.3) is 0 Å². The summed E-state index contributed by atoms with van der Waals surface area (Å²) in [5, 5.41) is 2.99. The minimum absolute atomic E-state index is 0.0514. The van der Waals surface area contributed by atoms with Gasteiger partial charge >= 0.3 is 6.03 Å². The van der Waals surface area contributed by atoms with Gasteiger partial charge in [0.1, 0.15) is 5.75 Å². The monoisotopic (exact) mass is 325 g/mol. The molecule has 1 aliphatic rings. The lowest BCUT2D eigenvalue weighted by Crippen LogP contribution is -2.50. The Bertz CT molecular complexity index is 690. The van der Waals surface area contributed by atoms with E-state index >= 15 is 0 Å². The van der Waals surface area contributed by atoms with Crippen molar-refractivity contribution in [2.45, 2.75) is 6.04 Å². The van der Waals surface area contributed by atoms with E-state index in [1.807, 2.05) is 47.4 Å². The van der Waals surface area contributed by atoms with Crippen LogP contribution in [0.4, 0.5) is 10.5 Å². The summed E-state index contributed by atoms with van der Waals surface area (Å²) in [7, 11) is 3.71. The zero-order valence-electron chi connectivity index (χ0n) is 14.1. The van der Waals surface area contributed by atoms with E-state index < -0.39 is 0 Å². The van der Waals surface area contributed by atoms with Crippen LogP contribution in [0.15, 0.2) is 54.6 Å². The average molecular weight is 325 g/mol. The molecule has 0 aromatic heterocycles. The van der Waals surface area contributed by atoms with Crippen molar-refractivity contribution in [1.29, 1.82) is 0 Å². The molecule has 0 aliphatic carbocycles. The molecule has 0 saturated carbocycles. The van der Waals surface area contributed by atoms with Gasteiger partial charge in [0.05, 0.1) is 13.2 Å². The second-order valence-corrected chi connectivity index (χ2v) is 6.04. The van der Waals surface area contributed by atoms with Crippen molar-refractivity contribution in [3.63, 3.8) is 0 Å². The summed E-state index contributed by atoms with van der Waals surface area (Å²) in [4.78, 5) is 17.0. The number of amides is 2. The van der Waals surface area contributed by atoms with E-state index in [0.29, 0.717) is 6.54 Å². The van der Waals surface area contributed by atoms with Crippen molar-refractivity contribution in [2.24, 2.45) is 0 Å². The van der Waals surface area contributed by atoms with Gasteiger partial charge < -0.3 is 19.9 Å². The number of ether oxygens (including phenoxy) is 1. The van der Waals surface area contributed by atoms with E-state index in [4.69, 9.17) is 4.74 Å². The third kappa shape index (κ3) is 3.68. The molecule has 1 fully saturated rings. The summed E-state index contributed by atoms with van der Waals surface area (Å²) in [6, 6.07) is 17.6. The highest BCUT2D eigenvalue weighted by Crippen LogP contribution is 2.26. The first-order chi connectivity index (χ1) is 11.7. The predicted octanol–water partition coefficient (Wildman–Crippen LogP) is 3.22. The van der Waals surface area contributed by atoms with E-state index in [1.165, 1.54) is 0 Å². The van der Waals surface area contributed by atoms with Crippen LogP contribution >= 0.6 is 0 Å². The van der Waals surface area contributed by atoms with Crippen molar-refractivity contribution in [2.75, 3.05) is 39.1 Å². The second kappa shape index (κ2) is 7.36. The lowest BCUT2D eigenvalue weighted by Gasteiger charge is -2.40. The number of likely N-dealkylation sites (N-methyl/N-ethyl adjacent to an activating group) is 1. The fourth-order valence-electron chi connectivity index (χ4n) is 3.02. The van der Waals surface area contributed by atoms with Crippen molar-refractivity contribution in [1.82, 2.24) is 9.80 Å². The zero-order chi connectivity index (χ0) is 16.9. The summed E-state index contributed by atoms with van der Waals surface area (Å²) < 4.78 is 5.21. The Morgan fingerprint density at radius 1 is 1.12 bits per heavy atom. The number of benzene rings is 2. The zero-order valence-corrected chi connectivity index (χ0v) is 14.1. The fourth-order valence-corrected chi connectivity index (χ4v) is 3.02. The molecule has 5 nitrogen and oxygen atoms in total. The van der Waals surface area contributed by atoms with Crippen LogP contribution in [-0.4, -0.2) is 49.6 Å². The van der Waals surface area contributed by atoms with E-state index in [-0.39, 0.29) is 12.1 Å². The van der Waals surface area contributed by atoms with Crippen LogP contribution in [-0.2, 0) is 0 Å². The number of nitrogens with one attached hydrogen (secondary N) is 1. The molecule has 1 saturated heterocycles. The summed E-state index contributed by atoms with van der Waals surface area (Å²) in [6.07, 6.45) is 0. The number of carbonyl (C=O) groups is 1. The Morgan fingerprint density at radius 3 is 2.67 bits per heavy atom. The third-order valence-corrected chi connectivity index (χ3v) is 4.35. The minimum Gasteiger partial charge on any atom is -0.497 e. The molecule has 1 atom stereocenters. The summed E-state index contributed by atoms with van der Waals surface area (Å²) in [5.74, 6) is 0.728. The van der Waals surface area contributed by atoms with E-state index in [0.717, 1.165) is 30.1 Å². The molecule has 126 valence electrons. The van der Waals surface area contributed by atoms with Crippen LogP contribution in [0.25, 0.3) is 0 Å². The number of piperazine rings is 1. The summed E-state index contributed by atoms with van der Waals surface area (Å²) in [6.45, 7) is 2.40. The molecule has 2 aromatic rings. The molecule has 0 unspecified atom stereocenters. The van der Waals surface area contributed by atoms with Crippen molar-refractivity contribution in [3.8, 4) is 5.75 Å².